The summed E-state index contributed by atoms with van der Waals surface area (Å²) in [6.45, 7) is 0. The van der Waals surface area contributed by atoms with Crippen LogP contribution in [0.2, 0.25) is 0 Å². The van der Waals surface area contributed by atoms with E-state index >= 15 is 0 Å². The van der Waals surface area contributed by atoms with E-state index in [1.54, 1.807) is 30.5 Å². The van der Waals surface area contributed by atoms with Crippen LogP contribution in [0.5, 0.6) is 0 Å². The molecule has 1 heterocycles. The van der Waals surface area contributed by atoms with Crippen molar-refractivity contribution >= 4 is 15.7 Å². The lowest BCUT2D eigenvalue weighted by molar-refractivity contribution is 0.467. The lowest BCUT2D eigenvalue weighted by Gasteiger charge is -2.08. The van der Waals surface area contributed by atoms with Gasteiger partial charge in [-0.15, -0.1) is 0 Å². The lowest BCUT2D eigenvalue weighted by Crippen LogP contribution is -2.13. The lowest BCUT2D eigenvalue weighted by atomic mass is 10.2. The standard InChI is InChI=1S/C20H21N3O2S/c24-26(25,22-17-11-5-2-6-12-17)19-15-23(18-13-7-8-14-18)21-20(19)16-9-3-1-4-10-16/h1-6,9-12,15,18,22H,7-8,13-14H2. The van der Waals surface area contributed by atoms with Gasteiger partial charge in [0.2, 0.25) is 0 Å². The van der Waals surface area contributed by atoms with Gasteiger partial charge in [-0.2, -0.15) is 5.10 Å². The molecule has 3 aromatic rings. The first-order valence-corrected chi connectivity index (χ1v) is 10.3. The summed E-state index contributed by atoms with van der Waals surface area (Å²) in [7, 11) is -3.73. The minimum atomic E-state index is -3.73. The molecule has 4 rings (SSSR count). The van der Waals surface area contributed by atoms with Crippen LogP contribution >= 0.6 is 0 Å². The Morgan fingerprint density at radius 2 is 1.54 bits per heavy atom. The minimum Gasteiger partial charge on any atom is -0.280 e. The molecule has 2 aromatic carbocycles. The van der Waals surface area contributed by atoms with Crippen molar-refractivity contribution in [2.45, 2.75) is 36.6 Å². The van der Waals surface area contributed by atoms with E-state index in [4.69, 9.17) is 0 Å². The molecule has 1 fully saturated rings. The number of sulfonamides is 1. The third kappa shape index (κ3) is 3.37. The van der Waals surface area contributed by atoms with E-state index in [9.17, 15) is 8.42 Å². The van der Waals surface area contributed by atoms with Crippen molar-refractivity contribution in [3.63, 3.8) is 0 Å². The normalized spacial score (nSPS) is 15.2. The third-order valence-corrected chi connectivity index (χ3v) is 6.14. The number of nitrogens with one attached hydrogen (secondary N) is 1. The minimum absolute atomic E-state index is 0.222. The Bertz CT molecular complexity index is 976. The van der Waals surface area contributed by atoms with Crippen LogP contribution in [-0.4, -0.2) is 18.2 Å². The maximum atomic E-state index is 13.1. The van der Waals surface area contributed by atoms with Gasteiger partial charge in [0.15, 0.2) is 0 Å². The highest BCUT2D eigenvalue weighted by atomic mass is 32.2. The SMILES string of the molecule is O=S(=O)(Nc1ccccc1)c1cn(C2CCCC2)nc1-c1ccccc1. The van der Waals surface area contributed by atoms with Crippen molar-refractivity contribution in [1.29, 1.82) is 0 Å². The van der Waals surface area contributed by atoms with Crippen LogP contribution in [0.25, 0.3) is 11.3 Å². The van der Waals surface area contributed by atoms with Crippen LogP contribution in [0.4, 0.5) is 5.69 Å². The summed E-state index contributed by atoms with van der Waals surface area (Å²) in [5.41, 5.74) is 1.85. The summed E-state index contributed by atoms with van der Waals surface area (Å²) >= 11 is 0. The second-order valence-electron chi connectivity index (χ2n) is 6.60. The Hall–Kier alpha value is -2.60. The Morgan fingerprint density at radius 1 is 0.923 bits per heavy atom. The molecular formula is C20H21N3O2S. The first-order chi connectivity index (χ1) is 12.6. The van der Waals surface area contributed by atoms with Gasteiger partial charge in [-0.1, -0.05) is 61.4 Å². The molecule has 26 heavy (non-hydrogen) atoms. The fourth-order valence-electron chi connectivity index (χ4n) is 3.44. The van der Waals surface area contributed by atoms with E-state index < -0.39 is 10.0 Å². The molecule has 1 aromatic heterocycles. The molecule has 134 valence electrons. The Morgan fingerprint density at radius 3 is 2.19 bits per heavy atom. The van der Waals surface area contributed by atoms with E-state index in [0.29, 0.717) is 11.4 Å². The second kappa shape index (κ2) is 6.96. The first-order valence-electron chi connectivity index (χ1n) is 8.86. The third-order valence-electron chi connectivity index (χ3n) is 4.76. The first kappa shape index (κ1) is 16.8. The summed E-state index contributed by atoms with van der Waals surface area (Å²) in [4.78, 5) is 0.222. The zero-order chi connectivity index (χ0) is 18.0. The molecule has 0 saturated heterocycles. The van der Waals surface area contributed by atoms with Gasteiger partial charge < -0.3 is 0 Å². The molecule has 0 atom stereocenters. The molecule has 5 nitrogen and oxygen atoms in total. The topological polar surface area (TPSA) is 64.0 Å². The monoisotopic (exact) mass is 367 g/mol. The maximum Gasteiger partial charge on any atom is 0.265 e. The second-order valence-corrected chi connectivity index (χ2v) is 8.25. The molecule has 0 aliphatic heterocycles. The Kier molecular flexibility index (Phi) is 4.51. The van der Waals surface area contributed by atoms with Gasteiger partial charge in [0.25, 0.3) is 10.0 Å². The number of para-hydroxylation sites is 1. The van der Waals surface area contributed by atoms with Crippen molar-refractivity contribution in [2.24, 2.45) is 0 Å². The number of hydrogen-bond donors (Lipinski definition) is 1. The van der Waals surface area contributed by atoms with Crippen LogP contribution < -0.4 is 4.72 Å². The molecule has 6 heteroatoms. The van der Waals surface area contributed by atoms with Crippen LogP contribution in [-0.2, 0) is 10.0 Å². The number of hydrogen-bond acceptors (Lipinski definition) is 3. The van der Waals surface area contributed by atoms with Gasteiger partial charge in [-0.3, -0.25) is 9.40 Å². The molecule has 1 saturated carbocycles. The number of aromatic nitrogens is 2. The Labute approximate surface area is 153 Å². The van der Waals surface area contributed by atoms with Crippen LogP contribution in [0, 0.1) is 0 Å². The maximum absolute atomic E-state index is 13.1. The average molecular weight is 367 g/mol. The highest BCUT2D eigenvalue weighted by Crippen LogP contribution is 2.33. The van der Waals surface area contributed by atoms with Gasteiger partial charge >= 0.3 is 0 Å². The summed E-state index contributed by atoms with van der Waals surface area (Å²) in [6, 6.07) is 18.7. The highest BCUT2D eigenvalue weighted by molar-refractivity contribution is 7.92. The highest BCUT2D eigenvalue weighted by Gasteiger charge is 2.27. The molecule has 0 unspecified atom stereocenters. The van der Waals surface area contributed by atoms with Crippen LogP contribution in [0.1, 0.15) is 31.7 Å². The molecular weight excluding hydrogens is 346 g/mol. The predicted molar refractivity (Wildman–Crippen MR) is 102 cm³/mol. The van der Waals surface area contributed by atoms with Gasteiger partial charge in [0.05, 0.1) is 6.04 Å². The van der Waals surface area contributed by atoms with Crippen LogP contribution in [0.15, 0.2) is 71.8 Å². The molecule has 1 aliphatic carbocycles. The zero-order valence-electron chi connectivity index (χ0n) is 14.4. The van der Waals surface area contributed by atoms with E-state index in [0.717, 1.165) is 31.2 Å². The summed E-state index contributed by atoms with van der Waals surface area (Å²) in [5.74, 6) is 0. The van der Waals surface area contributed by atoms with Crippen molar-refractivity contribution in [2.75, 3.05) is 4.72 Å². The van der Waals surface area contributed by atoms with Crippen molar-refractivity contribution in [3.05, 3.63) is 66.9 Å². The number of rotatable bonds is 5. The summed E-state index contributed by atoms with van der Waals surface area (Å²) < 4.78 is 30.6. The van der Waals surface area contributed by atoms with Gasteiger partial charge in [0, 0.05) is 17.4 Å². The number of nitrogens with zero attached hydrogens (tertiary/aromatic N) is 2. The predicted octanol–water partition coefficient (Wildman–Crippen LogP) is 4.47. The molecule has 0 bridgehead atoms. The van der Waals surface area contributed by atoms with E-state index in [1.165, 1.54) is 0 Å². The largest absolute Gasteiger partial charge is 0.280 e. The number of anilines is 1. The van der Waals surface area contributed by atoms with E-state index in [1.807, 2.05) is 41.1 Å². The van der Waals surface area contributed by atoms with Gasteiger partial charge in [-0.05, 0) is 25.0 Å². The van der Waals surface area contributed by atoms with Crippen LogP contribution in [0.3, 0.4) is 0 Å². The number of benzene rings is 2. The zero-order valence-corrected chi connectivity index (χ0v) is 15.2. The van der Waals surface area contributed by atoms with Crippen molar-refractivity contribution < 1.29 is 8.42 Å². The molecule has 1 N–H and O–H groups in total. The smallest absolute Gasteiger partial charge is 0.265 e. The summed E-state index contributed by atoms with van der Waals surface area (Å²) in [6.07, 6.45) is 6.09. The molecule has 0 radical (unpaired) electrons. The van der Waals surface area contributed by atoms with Crippen molar-refractivity contribution in [3.8, 4) is 11.3 Å². The van der Waals surface area contributed by atoms with E-state index in [2.05, 4.69) is 9.82 Å². The van der Waals surface area contributed by atoms with Crippen molar-refractivity contribution in [1.82, 2.24) is 9.78 Å². The summed E-state index contributed by atoms with van der Waals surface area (Å²) in [5, 5.41) is 4.67. The fraction of sp³-hybridized carbons (Fsp3) is 0.250. The molecule has 1 aliphatic rings. The average Bonchev–Trinajstić information content (AvgIpc) is 3.33. The van der Waals surface area contributed by atoms with Gasteiger partial charge in [0.1, 0.15) is 10.6 Å². The molecule has 0 spiro atoms. The fourth-order valence-corrected chi connectivity index (χ4v) is 4.66. The molecule has 0 amide bonds. The quantitative estimate of drug-likeness (QED) is 0.724. The van der Waals surface area contributed by atoms with Gasteiger partial charge in [-0.25, -0.2) is 8.42 Å². The Balaban J connectivity index is 1.78. The van der Waals surface area contributed by atoms with E-state index in [-0.39, 0.29) is 10.9 Å².